The molecule has 0 bridgehead atoms. The third-order valence-electron chi connectivity index (χ3n) is 2.99. The molecule has 1 heterocycles. The first kappa shape index (κ1) is 14.7. The van der Waals surface area contributed by atoms with Gasteiger partial charge in [-0.2, -0.15) is 4.98 Å². The average Bonchev–Trinajstić information content (AvgIpc) is 2.49. The Bertz CT molecular complexity index is 888. The van der Waals surface area contributed by atoms with Crippen molar-refractivity contribution in [1.29, 1.82) is 0 Å². The molecular formula is C14H8BrClN4O2. The first-order chi connectivity index (χ1) is 10.5. The van der Waals surface area contributed by atoms with E-state index in [1.165, 1.54) is 12.1 Å². The van der Waals surface area contributed by atoms with Gasteiger partial charge >= 0.3 is 0 Å². The molecule has 3 rings (SSSR count). The van der Waals surface area contributed by atoms with Crippen molar-refractivity contribution in [2.45, 2.75) is 0 Å². The van der Waals surface area contributed by atoms with Crippen molar-refractivity contribution < 1.29 is 4.92 Å². The third-order valence-corrected chi connectivity index (χ3v) is 3.85. The number of nitro benzene ring substituents is 1. The van der Waals surface area contributed by atoms with Gasteiger partial charge in [-0.05, 0) is 45.7 Å². The summed E-state index contributed by atoms with van der Waals surface area (Å²) >= 11 is 9.29. The number of nitrogens with zero attached hydrogens (tertiary/aromatic N) is 3. The summed E-state index contributed by atoms with van der Waals surface area (Å²) in [4.78, 5) is 18.7. The van der Waals surface area contributed by atoms with Crippen molar-refractivity contribution in [2.75, 3.05) is 5.32 Å². The average molecular weight is 380 g/mol. The van der Waals surface area contributed by atoms with Gasteiger partial charge in [0.2, 0.25) is 5.28 Å². The lowest BCUT2D eigenvalue weighted by atomic mass is 10.2. The van der Waals surface area contributed by atoms with E-state index in [4.69, 9.17) is 11.6 Å². The van der Waals surface area contributed by atoms with Gasteiger partial charge in [0.1, 0.15) is 5.82 Å². The number of para-hydroxylation sites is 1. The first-order valence-electron chi connectivity index (χ1n) is 6.18. The zero-order chi connectivity index (χ0) is 15.7. The fraction of sp³-hybridized carbons (Fsp3) is 0. The highest BCUT2D eigenvalue weighted by Crippen LogP contribution is 2.31. The molecule has 0 atom stereocenters. The minimum absolute atomic E-state index is 0.0184. The Hall–Kier alpha value is -2.25. The van der Waals surface area contributed by atoms with Crippen LogP contribution in [0, 0.1) is 10.1 Å². The molecule has 0 saturated carbocycles. The Morgan fingerprint density at radius 2 is 1.95 bits per heavy atom. The second kappa shape index (κ2) is 5.86. The molecule has 1 aromatic heterocycles. The third kappa shape index (κ3) is 2.86. The summed E-state index contributed by atoms with van der Waals surface area (Å²) in [5.41, 5.74) is 1.19. The van der Waals surface area contributed by atoms with Gasteiger partial charge in [-0.15, -0.1) is 0 Å². The molecule has 1 N–H and O–H groups in total. The van der Waals surface area contributed by atoms with Crippen LogP contribution in [-0.2, 0) is 0 Å². The molecule has 0 aliphatic rings. The first-order valence-corrected chi connectivity index (χ1v) is 7.35. The molecule has 2 aromatic carbocycles. The Labute approximate surface area is 138 Å². The van der Waals surface area contributed by atoms with Crippen LogP contribution in [0.4, 0.5) is 17.2 Å². The van der Waals surface area contributed by atoms with E-state index in [2.05, 4.69) is 31.2 Å². The molecule has 0 fully saturated rings. The number of anilines is 2. The van der Waals surface area contributed by atoms with E-state index < -0.39 is 4.92 Å². The van der Waals surface area contributed by atoms with Gasteiger partial charge in [0.15, 0.2) is 0 Å². The molecule has 0 saturated heterocycles. The van der Waals surface area contributed by atoms with Crippen LogP contribution in [0.1, 0.15) is 0 Å². The number of hydrogen-bond donors (Lipinski definition) is 1. The van der Waals surface area contributed by atoms with Gasteiger partial charge in [-0.25, -0.2) is 4.98 Å². The van der Waals surface area contributed by atoms with Crippen molar-refractivity contribution in [1.82, 2.24) is 9.97 Å². The van der Waals surface area contributed by atoms with Crippen molar-refractivity contribution in [3.63, 3.8) is 0 Å². The van der Waals surface area contributed by atoms with Gasteiger partial charge in [0, 0.05) is 22.0 Å². The number of hydrogen-bond acceptors (Lipinski definition) is 5. The zero-order valence-electron chi connectivity index (χ0n) is 11.0. The summed E-state index contributed by atoms with van der Waals surface area (Å²) in [6, 6.07) is 11.8. The SMILES string of the molecule is O=[N+]([O-])c1ccc(Br)c(Nc2nc(Cl)nc3ccccc23)c1. The van der Waals surface area contributed by atoms with Crippen molar-refractivity contribution in [3.8, 4) is 0 Å². The van der Waals surface area contributed by atoms with E-state index in [1.807, 2.05) is 24.3 Å². The summed E-state index contributed by atoms with van der Waals surface area (Å²) < 4.78 is 0.678. The van der Waals surface area contributed by atoms with Crippen LogP contribution < -0.4 is 5.32 Å². The summed E-state index contributed by atoms with van der Waals surface area (Å²) in [7, 11) is 0. The summed E-state index contributed by atoms with van der Waals surface area (Å²) in [6.45, 7) is 0. The standard InChI is InChI=1S/C14H8BrClN4O2/c15-10-6-5-8(20(21)22)7-12(10)17-13-9-3-1-2-4-11(9)18-14(16)19-13/h1-7H,(H,17,18,19). The number of halogens is 2. The fourth-order valence-electron chi connectivity index (χ4n) is 1.99. The molecule has 0 amide bonds. The van der Waals surface area contributed by atoms with Crippen molar-refractivity contribution in [2.24, 2.45) is 0 Å². The van der Waals surface area contributed by atoms with Crippen LogP contribution in [0.5, 0.6) is 0 Å². The predicted octanol–water partition coefficient (Wildman–Crippen LogP) is 4.70. The molecule has 0 aliphatic heterocycles. The number of fused-ring (bicyclic) bond motifs is 1. The number of aromatic nitrogens is 2. The van der Waals surface area contributed by atoms with Crippen molar-refractivity contribution >= 4 is 55.6 Å². The number of benzene rings is 2. The smallest absolute Gasteiger partial charge is 0.271 e. The monoisotopic (exact) mass is 378 g/mol. The Morgan fingerprint density at radius 3 is 2.73 bits per heavy atom. The molecule has 0 spiro atoms. The molecular weight excluding hydrogens is 372 g/mol. The van der Waals surface area contributed by atoms with Gasteiger partial charge in [-0.3, -0.25) is 10.1 Å². The summed E-state index contributed by atoms with van der Waals surface area (Å²) in [5.74, 6) is 0.483. The van der Waals surface area contributed by atoms with E-state index in [1.54, 1.807) is 6.07 Å². The van der Waals surface area contributed by atoms with Crippen LogP contribution in [0.3, 0.4) is 0 Å². The lowest BCUT2D eigenvalue weighted by Crippen LogP contribution is -1.99. The van der Waals surface area contributed by atoms with Crippen LogP contribution in [0.2, 0.25) is 5.28 Å². The second-order valence-electron chi connectivity index (χ2n) is 4.40. The van der Waals surface area contributed by atoms with Gasteiger partial charge < -0.3 is 5.32 Å². The molecule has 22 heavy (non-hydrogen) atoms. The number of nitro groups is 1. The van der Waals surface area contributed by atoms with Crippen LogP contribution in [-0.4, -0.2) is 14.9 Å². The number of non-ortho nitro benzene ring substituents is 1. The van der Waals surface area contributed by atoms with E-state index in [0.29, 0.717) is 21.5 Å². The van der Waals surface area contributed by atoms with Gasteiger partial charge in [-0.1, -0.05) is 12.1 Å². The van der Waals surface area contributed by atoms with Crippen LogP contribution >= 0.6 is 27.5 Å². The second-order valence-corrected chi connectivity index (χ2v) is 5.60. The summed E-state index contributed by atoms with van der Waals surface area (Å²) in [5, 5.41) is 14.8. The molecule has 8 heteroatoms. The molecule has 6 nitrogen and oxygen atoms in total. The lowest BCUT2D eigenvalue weighted by molar-refractivity contribution is -0.384. The molecule has 0 radical (unpaired) electrons. The van der Waals surface area contributed by atoms with Crippen LogP contribution in [0.15, 0.2) is 46.9 Å². The largest absolute Gasteiger partial charge is 0.338 e. The van der Waals surface area contributed by atoms with E-state index in [-0.39, 0.29) is 11.0 Å². The van der Waals surface area contributed by atoms with E-state index in [0.717, 1.165) is 5.39 Å². The van der Waals surface area contributed by atoms with E-state index >= 15 is 0 Å². The highest BCUT2D eigenvalue weighted by molar-refractivity contribution is 9.10. The molecule has 110 valence electrons. The molecule has 0 aliphatic carbocycles. The molecule has 3 aromatic rings. The fourth-order valence-corrected chi connectivity index (χ4v) is 2.52. The lowest BCUT2D eigenvalue weighted by Gasteiger charge is -2.10. The minimum atomic E-state index is -0.456. The highest BCUT2D eigenvalue weighted by Gasteiger charge is 2.12. The topological polar surface area (TPSA) is 81.0 Å². The van der Waals surface area contributed by atoms with Crippen molar-refractivity contribution in [3.05, 3.63) is 62.3 Å². The van der Waals surface area contributed by atoms with Gasteiger partial charge in [0.25, 0.3) is 5.69 Å². The predicted molar refractivity (Wildman–Crippen MR) is 88.6 cm³/mol. The maximum Gasteiger partial charge on any atom is 0.271 e. The Morgan fingerprint density at radius 1 is 1.18 bits per heavy atom. The highest BCUT2D eigenvalue weighted by atomic mass is 79.9. The maximum absolute atomic E-state index is 10.9. The Balaban J connectivity index is 2.10. The number of rotatable bonds is 3. The molecule has 0 unspecified atom stereocenters. The maximum atomic E-state index is 10.9. The van der Waals surface area contributed by atoms with Crippen LogP contribution in [0.25, 0.3) is 10.9 Å². The van der Waals surface area contributed by atoms with E-state index in [9.17, 15) is 10.1 Å². The zero-order valence-corrected chi connectivity index (χ0v) is 13.3. The van der Waals surface area contributed by atoms with Gasteiger partial charge in [0.05, 0.1) is 16.1 Å². The Kier molecular flexibility index (Phi) is 3.91. The quantitative estimate of drug-likeness (QED) is 0.405. The number of nitrogens with one attached hydrogen (secondary N) is 1. The summed E-state index contributed by atoms with van der Waals surface area (Å²) in [6.07, 6.45) is 0. The normalized spacial score (nSPS) is 10.6. The minimum Gasteiger partial charge on any atom is -0.338 e.